The van der Waals surface area contributed by atoms with Crippen molar-refractivity contribution in [1.29, 1.82) is 0 Å². The molecule has 2 N–H and O–H groups in total. The van der Waals surface area contributed by atoms with Crippen LogP contribution in [0.5, 0.6) is 5.75 Å². The normalized spacial score (nSPS) is 27.8. The number of carbonyl (C=O) groups excluding carboxylic acids is 5. The first kappa shape index (κ1) is 31.6. The molecule has 3 fully saturated rings. The predicted octanol–water partition coefficient (Wildman–Crippen LogP) is 5.55. The minimum Gasteiger partial charge on any atom is -0.507 e. The summed E-state index contributed by atoms with van der Waals surface area (Å²) >= 11 is 6.31. The third-order valence-electron chi connectivity index (χ3n) is 10.5. The number of nitrogens with zero attached hydrogens (tertiary/aromatic N) is 2. The zero-order valence-electron chi connectivity index (χ0n) is 26.2. The minimum absolute atomic E-state index is 0.0162. The Labute approximate surface area is 280 Å². The zero-order chi connectivity index (χ0) is 34.2. The van der Waals surface area contributed by atoms with Gasteiger partial charge in [-0.15, -0.1) is 0 Å². The van der Waals surface area contributed by atoms with Crippen LogP contribution in [-0.4, -0.2) is 51.8 Å². The molecule has 5 amide bonds. The standard InChI is InChI=1S/C36H31ClFN3O7/c1-17-14-19(15-18(2)30(17)42)29-24-12-13-25-28(33(45)40(31(25)43)35(47)48-3)26(24)16-27-32(44)41(39-23-10-8-22(38)9-11-23)34(46)36(27,29)20-4-6-21(37)7-5-20/h4-12,14-15,25-29,39,42H,13,16H2,1-3H3/t25-,26+,27-,28-,29-,36+/m0/s1. The van der Waals surface area contributed by atoms with E-state index in [9.17, 15) is 28.7 Å². The highest BCUT2D eigenvalue weighted by molar-refractivity contribution is 6.30. The van der Waals surface area contributed by atoms with E-state index in [0.29, 0.717) is 43.4 Å². The van der Waals surface area contributed by atoms with E-state index >= 15 is 4.79 Å². The Morgan fingerprint density at radius 3 is 2.23 bits per heavy atom. The number of allylic oxidation sites excluding steroid dienone is 2. The molecule has 0 radical (unpaired) electrons. The van der Waals surface area contributed by atoms with Gasteiger partial charge in [0.25, 0.3) is 11.8 Å². The molecule has 7 rings (SSSR count). The lowest BCUT2D eigenvalue weighted by atomic mass is 9.49. The lowest BCUT2D eigenvalue weighted by Crippen LogP contribution is -2.53. The fourth-order valence-electron chi connectivity index (χ4n) is 8.46. The van der Waals surface area contributed by atoms with Crippen molar-refractivity contribution >= 4 is 47.0 Å². The molecule has 0 unspecified atom stereocenters. The van der Waals surface area contributed by atoms with Gasteiger partial charge in [-0.3, -0.25) is 24.6 Å². The van der Waals surface area contributed by atoms with Crippen molar-refractivity contribution in [3.63, 3.8) is 0 Å². The van der Waals surface area contributed by atoms with Crippen LogP contribution in [0.25, 0.3) is 0 Å². The number of phenolic OH excluding ortho intramolecular Hbond substituents is 1. The Kier molecular flexibility index (Phi) is 7.43. The summed E-state index contributed by atoms with van der Waals surface area (Å²) in [4.78, 5) is 70.1. The Bertz CT molecular complexity index is 1920. The molecule has 2 saturated heterocycles. The number of ether oxygens (including phenoxy) is 1. The minimum atomic E-state index is -1.56. The lowest BCUT2D eigenvalue weighted by molar-refractivity contribution is -0.140. The maximum atomic E-state index is 15.1. The molecule has 12 heteroatoms. The quantitative estimate of drug-likeness (QED) is 0.272. The van der Waals surface area contributed by atoms with Crippen LogP contribution in [0.15, 0.2) is 72.3 Å². The van der Waals surface area contributed by atoms with Crippen molar-refractivity contribution in [2.24, 2.45) is 23.7 Å². The molecule has 0 bridgehead atoms. The van der Waals surface area contributed by atoms with Crippen molar-refractivity contribution in [2.45, 2.75) is 38.0 Å². The number of imide groups is 4. The first-order valence-electron chi connectivity index (χ1n) is 15.5. The third kappa shape index (κ3) is 4.40. The molecular weight excluding hydrogens is 641 g/mol. The second kappa shape index (κ2) is 11.3. The van der Waals surface area contributed by atoms with Gasteiger partial charge in [0.1, 0.15) is 11.6 Å². The van der Waals surface area contributed by atoms with E-state index in [1.807, 2.05) is 6.08 Å². The number of rotatable bonds is 4. The highest BCUT2D eigenvalue weighted by Crippen LogP contribution is 2.64. The van der Waals surface area contributed by atoms with Crippen molar-refractivity contribution < 1.29 is 38.2 Å². The second-order valence-corrected chi connectivity index (χ2v) is 13.3. The zero-order valence-corrected chi connectivity index (χ0v) is 27.0. The van der Waals surface area contributed by atoms with E-state index in [4.69, 9.17) is 16.3 Å². The maximum Gasteiger partial charge on any atom is 0.423 e. The number of amides is 5. The Balaban J connectivity index is 1.47. The fraction of sp³-hybridized carbons (Fsp3) is 0.306. The summed E-state index contributed by atoms with van der Waals surface area (Å²) in [7, 11) is 1.09. The summed E-state index contributed by atoms with van der Waals surface area (Å²) < 4.78 is 18.5. The summed E-state index contributed by atoms with van der Waals surface area (Å²) in [6.45, 7) is 3.47. The summed E-state index contributed by atoms with van der Waals surface area (Å²) in [5.41, 5.74) is 4.56. The first-order chi connectivity index (χ1) is 22.9. The number of hydrogen-bond acceptors (Lipinski definition) is 8. The molecule has 2 aliphatic heterocycles. The van der Waals surface area contributed by atoms with Gasteiger partial charge in [0.05, 0.1) is 36.0 Å². The molecule has 4 aliphatic rings. The summed E-state index contributed by atoms with van der Waals surface area (Å²) in [5, 5.41) is 12.1. The van der Waals surface area contributed by atoms with Crippen LogP contribution in [0.4, 0.5) is 14.9 Å². The van der Waals surface area contributed by atoms with Gasteiger partial charge in [0, 0.05) is 10.9 Å². The van der Waals surface area contributed by atoms with E-state index in [0.717, 1.165) is 12.1 Å². The van der Waals surface area contributed by atoms with Crippen LogP contribution in [0.3, 0.4) is 0 Å². The molecule has 0 spiro atoms. The van der Waals surface area contributed by atoms with E-state index < -0.39 is 70.5 Å². The first-order valence-corrected chi connectivity index (χ1v) is 15.9. The van der Waals surface area contributed by atoms with Crippen molar-refractivity contribution in [3.05, 3.63) is 105 Å². The summed E-state index contributed by atoms with van der Waals surface area (Å²) in [6.07, 6.45) is 0.932. The highest BCUT2D eigenvalue weighted by atomic mass is 35.5. The van der Waals surface area contributed by atoms with Crippen molar-refractivity contribution in [3.8, 4) is 5.75 Å². The van der Waals surface area contributed by atoms with Crippen LogP contribution >= 0.6 is 11.6 Å². The number of anilines is 1. The Morgan fingerprint density at radius 2 is 1.60 bits per heavy atom. The molecular formula is C36H31ClFN3O7. The monoisotopic (exact) mass is 671 g/mol. The number of aryl methyl sites for hydroxylation is 2. The maximum absolute atomic E-state index is 15.1. The predicted molar refractivity (Wildman–Crippen MR) is 171 cm³/mol. The molecule has 2 heterocycles. The van der Waals surface area contributed by atoms with E-state index in [1.165, 1.54) is 24.3 Å². The number of methoxy groups -OCH3 is 1. The number of hydrogen-bond donors (Lipinski definition) is 2. The van der Waals surface area contributed by atoms with Gasteiger partial charge in [0.15, 0.2) is 0 Å². The number of hydrazine groups is 1. The van der Waals surface area contributed by atoms with Gasteiger partial charge in [-0.25, -0.2) is 9.18 Å². The summed E-state index contributed by atoms with van der Waals surface area (Å²) in [6, 6.07) is 15.5. The average Bonchev–Trinajstić information content (AvgIpc) is 3.45. The van der Waals surface area contributed by atoms with Crippen molar-refractivity contribution in [2.75, 3.05) is 12.5 Å². The number of nitrogens with one attached hydrogen (secondary N) is 1. The molecule has 3 aromatic carbocycles. The van der Waals surface area contributed by atoms with Gasteiger partial charge in [-0.05, 0) is 91.3 Å². The molecule has 2 aliphatic carbocycles. The van der Waals surface area contributed by atoms with Gasteiger partial charge in [0.2, 0.25) is 11.8 Å². The lowest BCUT2D eigenvalue weighted by Gasteiger charge is -2.50. The van der Waals surface area contributed by atoms with Crippen LogP contribution < -0.4 is 5.43 Å². The number of phenols is 1. The largest absolute Gasteiger partial charge is 0.507 e. The molecule has 3 aromatic rings. The number of benzene rings is 3. The highest BCUT2D eigenvalue weighted by Gasteiger charge is 2.70. The van der Waals surface area contributed by atoms with E-state index in [1.54, 1.807) is 50.2 Å². The van der Waals surface area contributed by atoms with Gasteiger partial charge < -0.3 is 9.84 Å². The number of carbonyl (C=O) groups is 5. The molecule has 0 aromatic heterocycles. The molecule has 246 valence electrons. The van der Waals surface area contributed by atoms with Crippen LogP contribution in [0.1, 0.15) is 41.0 Å². The van der Waals surface area contributed by atoms with E-state index in [-0.39, 0.29) is 18.6 Å². The van der Waals surface area contributed by atoms with Gasteiger partial charge >= 0.3 is 6.09 Å². The number of fused-ring (bicyclic) bond motifs is 4. The van der Waals surface area contributed by atoms with E-state index in [2.05, 4.69) is 5.43 Å². The van der Waals surface area contributed by atoms with Crippen LogP contribution in [0.2, 0.25) is 5.02 Å². The number of aromatic hydroxyl groups is 1. The molecule has 6 atom stereocenters. The molecule has 10 nitrogen and oxygen atoms in total. The molecule has 1 saturated carbocycles. The van der Waals surface area contributed by atoms with Gasteiger partial charge in [-0.1, -0.05) is 47.5 Å². The second-order valence-electron chi connectivity index (χ2n) is 12.9. The third-order valence-corrected chi connectivity index (χ3v) is 10.7. The number of halogens is 2. The topological polar surface area (TPSA) is 133 Å². The summed E-state index contributed by atoms with van der Waals surface area (Å²) in [5.74, 6) is -7.31. The Hall–Kier alpha value is -5.03. The fourth-order valence-corrected chi connectivity index (χ4v) is 8.58. The van der Waals surface area contributed by atoms with Gasteiger partial charge in [-0.2, -0.15) is 9.91 Å². The van der Waals surface area contributed by atoms with Crippen molar-refractivity contribution in [1.82, 2.24) is 9.91 Å². The molecule has 48 heavy (non-hydrogen) atoms. The smallest absolute Gasteiger partial charge is 0.423 e. The SMILES string of the molecule is COC(=O)N1C(=O)[C@H]2[C@H](CC=C3[C@H]2C[C@H]2C(=O)N(Nc4ccc(F)cc4)C(=O)[C@@]2(c2ccc(Cl)cc2)[C@H]3c2cc(C)c(O)c(C)c2)C1=O. The van der Waals surface area contributed by atoms with Crippen LogP contribution in [0, 0.1) is 43.3 Å². The van der Waals surface area contributed by atoms with Crippen LogP contribution in [-0.2, 0) is 29.3 Å². The average molecular weight is 672 g/mol. The number of likely N-dealkylation sites (tertiary alicyclic amines) is 1. The Morgan fingerprint density at radius 1 is 0.958 bits per heavy atom.